The van der Waals surface area contributed by atoms with Gasteiger partial charge in [-0.2, -0.15) is 0 Å². The summed E-state index contributed by atoms with van der Waals surface area (Å²) in [7, 11) is 1.84. The van der Waals surface area contributed by atoms with E-state index in [1.807, 2.05) is 13.1 Å². The molecule has 0 radical (unpaired) electrons. The van der Waals surface area contributed by atoms with Crippen LogP contribution in [0.5, 0.6) is 0 Å². The number of ether oxygens (including phenoxy) is 1. The molecule has 1 spiro atoms. The van der Waals surface area contributed by atoms with Gasteiger partial charge >= 0.3 is 0 Å². The van der Waals surface area contributed by atoms with Crippen LogP contribution >= 0.6 is 0 Å². The van der Waals surface area contributed by atoms with E-state index in [1.165, 1.54) is 32.1 Å². The summed E-state index contributed by atoms with van der Waals surface area (Å²) in [5.74, 6) is 1.55. The molecule has 1 aliphatic heterocycles. The van der Waals surface area contributed by atoms with Crippen molar-refractivity contribution in [3.05, 3.63) is 24.2 Å². The summed E-state index contributed by atoms with van der Waals surface area (Å²) in [6.45, 7) is 1.66. The summed E-state index contributed by atoms with van der Waals surface area (Å²) in [4.78, 5) is 4.40. The Balaban J connectivity index is 1.42. The third kappa shape index (κ3) is 2.14. The SMILES string of the molecule is CN=C(NCc1ccoc1)NC1C2CCOC2C12CCCC2. The minimum atomic E-state index is 0.356. The Hall–Kier alpha value is -1.49. The number of aliphatic imine (C=N–C) groups is 1. The molecule has 1 saturated heterocycles. The third-order valence-electron chi connectivity index (χ3n) is 5.84. The molecule has 22 heavy (non-hydrogen) atoms. The predicted molar refractivity (Wildman–Crippen MR) is 84.6 cm³/mol. The first-order chi connectivity index (χ1) is 10.8. The van der Waals surface area contributed by atoms with Crippen molar-refractivity contribution >= 4 is 5.96 Å². The molecule has 0 aromatic carbocycles. The minimum absolute atomic E-state index is 0.356. The Morgan fingerprint density at radius 3 is 3.00 bits per heavy atom. The molecule has 2 heterocycles. The molecular formula is C17H25N3O2. The van der Waals surface area contributed by atoms with Gasteiger partial charge in [-0.1, -0.05) is 12.8 Å². The maximum atomic E-state index is 6.04. The van der Waals surface area contributed by atoms with Crippen LogP contribution in [0.15, 0.2) is 28.0 Å². The molecule has 3 atom stereocenters. The molecule has 2 saturated carbocycles. The van der Waals surface area contributed by atoms with E-state index in [-0.39, 0.29) is 0 Å². The number of nitrogens with zero attached hydrogens (tertiary/aromatic N) is 1. The first-order valence-corrected chi connectivity index (χ1v) is 8.43. The number of furan rings is 1. The van der Waals surface area contributed by atoms with Crippen molar-refractivity contribution in [1.82, 2.24) is 10.6 Å². The minimum Gasteiger partial charge on any atom is -0.472 e. The second-order valence-electron chi connectivity index (χ2n) is 6.86. The lowest BCUT2D eigenvalue weighted by Crippen LogP contribution is -2.69. The van der Waals surface area contributed by atoms with Gasteiger partial charge in [0.1, 0.15) is 0 Å². The maximum Gasteiger partial charge on any atom is 0.191 e. The third-order valence-corrected chi connectivity index (χ3v) is 5.84. The van der Waals surface area contributed by atoms with Gasteiger partial charge in [0.15, 0.2) is 5.96 Å². The zero-order valence-electron chi connectivity index (χ0n) is 13.2. The van der Waals surface area contributed by atoms with Crippen LogP contribution in [0.25, 0.3) is 0 Å². The van der Waals surface area contributed by atoms with E-state index in [2.05, 4.69) is 15.6 Å². The van der Waals surface area contributed by atoms with Crippen molar-refractivity contribution in [3.63, 3.8) is 0 Å². The lowest BCUT2D eigenvalue weighted by atomic mass is 9.54. The zero-order chi connectivity index (χ0) is 15.0. The normalized spacial score (nSPS) is 32.8. The van der Waals surface area contributed by atoms with Crippen molar-refractivity contribution in [2.24, 2.45) is 16.3 Å². The molecule has 1 aromatic heterocycles. The van der Waals surface area contributed by atoms with Crippen molar-refractivity contribution in [2.75, 3.05) is 13.7 Å². The molecule has 4 rings (SSSR count). The van der Waals surface area contributed by atoms with E-state index in [1.54, 1.807) is 12.5 Å². The Bertz CT molecular complexity index is 534. The standard InChI is InChI=1S/C17H25N3O2/c1-18-16(19-10-12-4-8-21-11-12)20-14-13-5-9-22-15(13)17(14)6-2-3-7-17/h4,8,11,13-15H,2-3,5-7,9-10H2,1H3,(H2,18,19,20). The van der Waals surface area contributed by atoms with Crippen molar-refractivity contribution in [3.8, 4) is 0 Å². The van der Waals surface area contributed by atoms with Gasteiger partial charge in [0, 0.05) is 43.1 Å². The summed E-state index contributed by atoms with van der Waals surface area (Å²) in [6, 6.07) is 2.49. The average Bonchev–Trinajstić information content (AvgIpc) is 3.27. The van der Waals surface area contributed by atoms with Crippen molar-refractivity contribution < 1.29 is 9.15 Å². The van der Waals surface area contributed by atoms with E-state index >= 15 is 0 Å². The molecule has 3 unspecified atom stereocenters. The smallest absolute Gasteiger partial charge is 0.191 e. The molecule has 3 aliphatic rings. The van der Waals surface area contributed by atoms with E-state index < -0.39 is 0 Å². The monoisotopic (exact) mass is 303 g/mol. The van der Waals surface area contributed by atoms with Gasteiger partial charge in [0.05, 0.1) is 18.6 Å². The summed E-state index contributed by atoms with van der Waals surface area (Å²) in [5, 5.41) is 7.09. The molecule has 2 aliphatic carbocycles. The van der Waals surface area contributed by atoms with Crippen LogP contribution in [0.1, 0.15) is 37.7 Å². The highest BCUT2D eigenvalue weighted by Crippen LogP contribution is 2.60. The van der Waals surface area contributed by atoms with E-state index in [4.69, 9.17) is 9.15 Å². The Labute approximate surface area is 131 Å². The van der Waals surface area contributed by atoms with Crippen LogP contribution < -0.4 is 10.6 Å². The van der Waals surface area contributed by atoms with E-state index in [0.717, 1.165) is 24.7 Å². The van der Waals surface area contributed by atoms with Crippen LogP contribution in [0.4, 0.5) is 0 Å². The second kappa shape index (κ2) is 5.61. The number of rotatable bonds is 3. The van der Waals surface area contributed by atoms with Gasteiger partial charge in [-0.05, 0) is 25.3 Å². The summed E-state index contributed by atoms with van der Waals surface area (Å²) in [5.41, 5.74) is 1.49. The van der Waals surface area contributed by atoms with Crippen LogP contribution in [-0.4, -0.2) is 31.8 Å². The number of guanidine groups is 1. The first-order valence-electron chi connectivity index (χ1n) is 8.43. The molecular weight excluding hydrogens is 278 g/mol. The molecule has 0 amide bonds. The highest BCUT2D eigenvalue weighted by atomic mass is 16.5. The quantitative estimate of drug-likeness (QED) is 0.664. The molecule has 3 fully saturated rings. The number of nitrogens with one attached hydrogen (secondary N) is 2. The number of hydrogen-bond donors (Lipinski definition) is 2. The van der Waals surface area contributed by atoms with Gasteiger partial charge < -0.3 is 19.8 Å². The Morgan fingerprint density at radius 2 is 2.27 bits per heavy atom. The fraction of sp³-hybridized carbons (Fsp3) is 0.706. The lowest BCUT2D eigenvalue weighted by molar-refractivity contribution is -0.125. The highest BCUT2D eigenvalue weighted by molar-refractivity contribution is 5.80. The van der Waals surface area contributed by atoms with Gasteiger partial charge in [-0.3, -0.25) is 4.99 Å². The largest absolute Gasteiger partial charge is 0.472 e. The maximum absolute atomic E-state index is 6.04. The van der Waals surface area contributed by atoms with Crippen LogP contribution in [0.3, 0.4) is 0 Å². The second-order valence-corrected chi connectivity index (χ2v) is 6.86. The van der Waals surface area contributed by atoms with E-state index in [9.17, 15) is 0 Å². The Morgan fingerprint density at radius 1 is 1.41 bits per heavy atom. The summed E-state index contributed by atoms with van der Waals surface area (Å²) < 4.78 is 11.2. The number of fused-ring (bicyclic) bond motifs is 2. The number of hydrogen-bond acceptors (Lipinski definition) is 3. The highest BCUT2D eigenvalue weighted by Gasteiger charge is 2.65. The summed E-state index contributed by atoms with van der Waals surface area (Å²) in [6.07, 6.45) is 10.4. The Kier molecular flexibility index (Phi) is 3.60. The van der Waals surface area contributed by atoms with Gasteiger partial charge in [0.25, 0.3) is 0 Å². The zero-order valence-corrected chi connectivity index (χ0v) is 13.2. The lowest BCUT2D eigenvalue weighted by Gasteiger charge is -2.57. The van der Waals surface area contributed by atoms with Crippen molar-refractivity contribution in [2.45, 2.75) is 50.8 Å². The predicted octanol–water partition coefficient (Wildman–Crippen LogP) is 2.29. The fourth-order valence-corrected chi connectivity index (χ4v) is 4.83. The summed E-state index contributed by atoms with van der Waals surface area (Å²) >= 11 is 0. The average molecular weight is 303 g/mol. The van der Waals surface area contributed by atoms with Crippen LogP contribution in [-0.2, 0) is 11.3 Å². The molecule has 5 nitrogen and oxygen atoms in total. The molecule has 1 aromatic rings. The van der Waals surface area contributed by atoms with Gasteiger partial charge in [-0.25, -0.2) is 0 Å². The molecule has 120 valence electrons. The molecule has 0 bridgehead atoms. The molecule has 2 N–H and O–H groups in total. The van der Waals surface area contributed by atoms with Gasteiger partial charge in [-0.15, -0.1) is 0 Å². The van der Waals surface area contributed by atoms with Crippen LogP contribution in [0, 0.1) is 11.3 Å². The van der Waals surface area contributed by atoms with E-state index in [0.29, 0.717) is 23.5 Å². The van der Waals surface area contributed by atoms with Crippen LogP contribution in [0.2, 0.25) is 0 Å². The topological polar surface area (TPSA) is 58.8 Å². The van der Waals surface area contributed by atoms with Gasteiger partial charge in [0.2, 0.25) is 0 Å². The molecule has 5 heteroatoms. The fourth-order valence-electron chi connectivity index (χ4n) is 4.83. The van der Waals surface area contributed by atoms with Crippen molar-refractivity contribution in [1.29, 1.82) is 0 Å². The first kappa shape index (κ1) is 14.1.